The average molecular weight is 1470 g/mol. The Bertz CT molecular complexity index is 1950. The molecule has 0 heterocycles. The van der Waals surface area contributed by atoms with Crippen LogP contribution in [0.5, 0.6) is 0 Å². The fourth-order valence-corrected chi connectivity index (χ4v) is 14.0. The number of carbonyl (C=O) groups is 4. The molecule has 0 bridgehead atoms. The number of aliphatic hydroxyl groups excluding tert-OH is 1. The van der Waals surface area contributed by atoms with Gasteiger partial charge >= 0.3 is 39.5 Å². The second-order valence-electron chi connectivity index (χ2n) is 31.1. The molecule has 0 aromatic carbocycles. The number of ether oxygens (including phenoxy) is 4. The van der Waals surface area contributed by atoms with Gasteiger partial charge in [0.1, 0.15) is 19.3 Å². The van der Waals surface area contributed by atoms with E-state index in [0.29, 0.717) is 25.7 Å². The summed E-state index contributed by atoms with van der Waals surface area (Å²) in [5, 5.41) is 10.6. The highest BCUT2D eigenvalue weighted by atomic mass is 31.2. The number of hydrogen-bond acceptors (Lipinski definition) is 15. The Balaban J connectivity index is 5.26. The molecule has 19 heteroatoms. The molecule has 0 saturated carbocycles. The van der Waals surface area contributed by atoms with Crippen molar-refractivity contribution in [3.05, 3.63) is 0 Å². The third kappa shape index (κ3) is 74.3. The molecular formula is C81H158O17P2. The molecule has 0 aliphatic rings. The fourth-order valence-electron chi connectivity index (χ4n) is 12.4. The van der Waals surface area contributed by atoms with Crippen molar-refractivity contribution < 1.29 is 80.2 Å². The van der Waals surface area contributed by atoms with E-state index in [9.17, 15) is 43.2 Å². The van der Waals surface area contributed by atoms with Crippen molar-refractivity contribution in [2.24, 2.45) is 23.7 Å². The summed E-state index contributed by atoms with van der Waals surface area (Å²) >= 11 is 0. The lowest BCUT2D eigenvalue weighted by molar-refractivity contribution is -0.161. The second-order valence-corrected chi connectivity index (χ2v) is 34.0. The zero-order chi connectivity index (χ0) is 73.8. The van der Waals surface area contributed by atoms with Crippen molar-refractivity contribution >= 4 is 39.5 Å². The zero-order valence-corrected chi connectivity index (χ0v) is 67.6. The van der Waals surface area contributed by atoms with Crippen LogP contribution in [0, 0.1) is 23.7 Å². The summed E-state index contributed by atoms with van der Waals surface area (Å²) in [4.78, 5) is 73.1. The van der Waals surface area contributed by atoms with E-state index in [4.69, 9.17) is 37.0 Å². The van der Waals surface area contributed by atoms with E-state index in [0.717, 1.165) is 114 Å². The first kappa shape index (κ1) is 98.1. The number of carbonyl (C=O) groups excluding carboxylic acids is 4. The van der Waals surface area contributed by atoms with Crippen molar-refractivity contribution in [2.45, 2.75) is 433 Å². The SMILES string of the molecule is CC(C)CCCCCCCCCCCCCCCCCCC(=O)O[C@H](COC(=O)CCCCCCCCCCCCCCC(C)C)COP(=O)(O)OC[C@@H](O)COP(=O)(O)OC[C@@H](COC(=O)CCCCCCCCCCCCC(C)C)OC(=O)CCCCCCCCCCCCC(C)C. The molecule has 100 heavy (non-hydrogen) atoms. The predicted molar refractivity (Wildman–Crippen MR) is 409 cm³/mol. The Morgan fingerprint density at radius 3 is 0.620 bits per heavy atom. The molecule has 0 amide bonds. The molecule has 17 nitrogen and oxygen atoms in total. The number of aliphatic hydroxyl groups is 1. The summed E-state index contributed by atoms with van der Waals surface area (Å²) < 4.78 is 68.7. The van der Waals surface area contributed by atoms with Gasteiger partial charge in [-0.1, -0.05) is 364 Å². The van der Waals surface area contributed by atoms with E-state index in [1.165, 1.54) is 218 Å². The Labute approximate surface area is 613 Å². The summed E-state index contributed by atoms with van der Waals surface area (Å²) in [6.45, 7) is 14.3. The molecule has 2 unspecified atom stereocenters. The molecule has 0 rings (SSSR count). The minimum absolute atomic E-state index is 0.105. The van der Waals surface area contributed by atoms with Crippen LogP contribution in [0.1, 0.15) is 415 Å². The van der Waals surface area contributed by atoms with Crippen molar-refractivity contribution in [2.75, 3.05) is 39.6 Å². The summed E-state index contributed by atoms with van der Waals surface area (Å²) in [5.41, 5.74) is 0. The fraction of sp³-hybridized carbons (Fsp3) is 0.951. The molecule has 5 atom stereocenters. The van der Waals surface area contributed by atoms with Gasteiger partial charge in [0.05, 0.1) is 26.4 Å². The lowest BCUT2D eigenvalue weighted by atomic mass is 10.0. The Hall–Kier alpha value is -1.94. The van der Waals surface area contributed by atoms with Crippen LogP contribution in [0.4, 0.5) is 0 Å². The van der Waals surface area contributed by atoms with Gasteiger partial charge in [0.15, 0.2) is 12.2 Å². The highest BCUT2D eigenvalue weighted by Crippen LogP contribution is 2.45. The van der Waals surface area contributed by atoms with Gasteiger partial charge in [-0.25, -0.2) is 9.13 Å². The van der Waals surface area contributed by atoms with E-state index in [1.54, 1.807) is 0 Å². The molecule has 0 spiro atoms. The Morgan fingerprint density at radius 2 is 0.420 bits per heavy atom. The lowest BCUT2D eigenvalue weighted by Crippen LogP contribution is -2.30. The highest BCUT2D eigenvalue weighted by Gasteiger charge is 2.30. The molecule has 0 fully saturated rings. The molecule has 0 aromatic rings. The number of hydrogen-bond donors (Lipinski definition) is 3. The summed E-state index contributed by atoms with van der Waals surface area (Å²) in [5.74, 6) is 0.988. The van der Waals surface area contributed by atoms with Gasteiger partial charge < -0.3 is 33.8 Å². The monoisotopic (exact) mass is 1470 g/mol. The maximum atomic E-state index is 13.1. The van der Waals surface area contributed by atoms with E-state index in [1.807, 2.05) is 0 Å². The number of phosphoric acid groups is 2. The average Bonchev–Trinajstić information content (AvgIpc) is 0.912. The van der Waals surface area contributed by atoms with Gasteiger partial charge in [0.2, 0.25) is 0 Å². The molecule has 3 N–H and O–H groups in total. The predicted octanol–water partition coefficient (Wildman–Crippen LogP) is 24.0. The van der Waals surface area contributed by atoms with Crippen molar-refractivity contribution in [1.29, 1.82) is 0 Å². The van der Waals surface area contributed by atoms with Crippen molar-refractivity contribution in [3.63, 3.8) is 0 Å². The molecule has 0 saturated heterocycles. The third-order valence-electron chi connectivity index (χ3n) is 18.8. The maximum Gasteiger partial charge on any atom is 0.472 e. The molecule has 0 aromatic heterocycles. The van der Waals surface area contributed by atoms with E-state index < -0.39 is 97.5 Å². The van der Waals surface area contributed by atoms with Crippen LogP contribution in [0.25, 0.3) is 0 Å². The normalized spacial score (nSPS) is 14.0. The first-order valence-corrected chi connectivity index (χ1v) is 44.7. The van der Waals surface area contributed by atoms with Gasteiger partial charge in [-0.2, -0.15) is 0 Å². The zero-order valence-electron chi connectivity index (χ0n) is 65.8. The molecule has 0 aliphatic heterocycles. The van der Waals surface area contributed by atoms with Crippen molar-refractivity contribution in [3.8, 4) is 0 Å². The maximum absolute atomic E-state index is 13.1. The first-order chi connectivity index (χ1) is 48.1. The van der Waals surface area contributed by atoms with Crippen LogP contribution in [-0.2, 0) is 65.4 Å². The number of phosphoric ester groups is 2. The summed E-state index contributed by atoms with van der Waals surface area (Å²) in [6, 6.07) is 0. The standard InChI is InChI=1S/C81H158O17P2/c1-71(2)57-49-41-33-25-17-13-11-9-10-12-14-20-31-39-47-55-63-80(85)97-76(67-91-78(83)61-53-45-37-29-19-16-15-18-26-34-42-50-58-72(3)4)69-95-99(87,88)93-65-75(82)66-94-100(89,90)96-70-77(98-81(86)64-56-48-40-32-24-22-28-36-44-52-60-74(7)8)68-92-79(84)62-54-46-38-30-23-21-27-35-43-51-59-73(5)6/h71-77,82H,9-70H2,1-8H3,(H,87,88)(H,89,90)/t75-,76-,77-/m1/s1. The van der Waals surface area contributed by atoms with E-state index in [-0.39, 0.29) is 25.7 Å². The molecule has 0 aliphatic carbocycles. The first-order valence-electron chi connectivity index (χ1n) is 41.7. The van der Waals surface area contributed by atoms with Crippen LogP contribution < -0.4 is 0 Å². The number of rotatable bonds is 78. The van der Waals surface area contributed by atoms with Crippen LogP contribution in [-0.4, -0.2) is 96.7 Å². The lowest BCUT2D eigenvalue weighted by Gasteiger charge is -2.21. The van der Waals surface area contributed by atoms with E-state index >= 15 is 0 Å². The number of esters is 4. The minimum atomic E-state index is -4.96. The van der Waals surface area contributed by atoms with Gasteiger partial charge in [-0.15, -0.1) is 0 Å². The molecule has 594 valence electrons. The second kappa shape index (κ2) is 70.1. The van der Waals surface area contributed by atoms with Crippen LogP contribution >= 0.6 is 15.6 Å². The van der Waals surface area contributed by atoms with Gasteiger partial charge in [-0.3, -0.25) is 37.3 Å². The van der Waals surface area contributed by atoms with Crippen molar-refractivity contribution in [1.82, 2.24) is 0 Å². The van der Waals surface area contributed by atoms with E-state index in [2.05, 4.69) is 55.4 Å². The van der Waals surface area contributed by atoms with Crippen LogP contribution in [0.15, 0.2) is 0 Å². The van der Waals surface area contributed by atoms with Gasteiger partial charge in [-0.05, 0) is 49.4 Å². The third-order valence-corrected chi connectivity index (χ3v) is 20.7. The Kier molecular flexibility index (Phi) is 68.7. The van der Waals surface area contributed by atoms with Gasteiger partial charge in [0, 0.05) is 25.7 Å². The topological polar surface area (TPSA) is 237 Å². The molecule has 0 radical (unpaired) electrons. The summed E-state index contributed by atoms with van der Waals surface area (Å²) in [6.07, 6.45) is 56.8. The largest absolute Gasteiger partial charge is 0.472 e. The number of unbranched alkanes of at least 4 members (excludes halogenated alkanes) is 44. The summed E-state index contributed by atoms with van der Waals surface area (Å²) in [7, 11) is -9.92. The van der Waals surface area contributed by atoms with Crippen LogP contribution in [0.2, 0.25) is 0 Å². The smallest absolute Gasteiger partial charge is 0.462 e. The highest BCUT2D eigenvalue weighted by molar-refractivity contribution is 7.47. The van der Waals surface area contributed by atoms with Crippen LogP contribution in [0.3, 0.4) is 0 Å². The quantitative estimate of drug-likeness (QED) is 0.0222. The Morgan fingerprint density at radius 1 is 0.250 bits per heavy atom. The minimum Gasteiger partial charge on any atom is -0.462 e. The molecular weight excluding hydrogens is 1310 g/mol. The van der Waals surface area contributed by atoms with Gasteiger partial charge in [0.25, 0.3) is 0 Å².